The van der Waals surface area contributed by atoms with Crippen molar-refractivity contribution in [2.45, 2.75) is 25.7 Å². The van der Waals surface area contributed by atoms with Crippen LogP contribution in [0.2, 0.25) is 0 Å². The summed E-state index contributed by atoms with van der Waals surface area (Å²) in [5.74, 6) is 0.760. The zero-order valence-corrected chi connectivity index (χ0v) is 11.4. The summed E-state index contributed by atoms with van der Waals surface area (Å²) in [6.07, 6.45) is 8.07. The highest BCUT2D eigenvalue weighted by atomic mass is 35.5. The van der Waals surface area contributed by atoms with Gasteiger partial charge in [-0.3, -0.25) is 0 Å². The van der Waals surface area contributed by atoms with Crippen LogP contribution in [0.15, 0.2) is 47.5 Å². The first kappa shape index (κ1) is 13.4. The number of hydrogen-bond acceptors (Lipinski definition) is 1. The van der Waals surface area contributed by atoms with E-state index in [0.29, 0.717) is 12.3 Å². The fourth-order valence-electron chi connectivity index (χ4n) is 2.51. The van der Waals surface area contributed by atoms with Gasteiger partial charge >= 0.3 is 0 Å². The van der Waals surface area contributed by atoms with E-state index < -0.39 is 0 Å². The molecule has 0 radical (unpaired) electrons. The summed E-state index contributed by atoms with van der Waals surface area (Å²) in [6.45, 7) is 2.39. The van der Waals surface area contributed by atoms with Gasteiger partial charge in [-0.25, -0.2) is 0 Å². The van der Waals surface area contributed by atoms with Crippen LogP contribution < -0.4 is 0 Å². The molecule has 1 N–H and O–H groups in total. The van der Waals surface area contributed by atoms with Gasteiger partial charge in [0.25, 0.3) is 0 Å². The minimum atomic E-state index is 0.198. The molecule has 96 valence electrons. The molecule has 1 aromatic carbocycles. The van der Waals surface area contributed by atoms with Crippen LogP contribution in [0.5, 0.6) is 0 Å². The number of aliphatic hydroxyl groups is 1. The van der Waals surface area contributed by atoms with E-state index in [2.05, 4.69) is 37.3 Å². The number of rotatable bonds is 4. The molecule has 0 saturated carbocycles. The molecule has 0 fully saturated rings. The molecule has 0 aliphatic heterocycles. The Morgan fingerprint density at radius 1 is 1.22 bits per heavy atom. The van der Waals surface area contributed by atoms with Crippen molar-refractivity contribution in [1.82, 2.24) is 0 Å². The first-order chi connectivity index (χ1) is 8.76. The van der Waals surface area contributed by atoms with Crippen molar-refractivity contribution in [1.29, 1.82) is 0 Å². The zero-order chi connectivity index (χ0) is 13.0. The van der Waals surface area contributed by atoms with Crippen LogP contribution in [0.25, 0.3) is 0 Å². The van der Waals surface area contributed by atoms with Gasteiger partial charge in [-0.2, -0.15) is 0 Å². The molecular formula is C16H19ClO. The molecule has 0 spiro atoms. The first-order valence-corrected chi connectivity index (χ1v) is 6.87. The average molecular weight is 263 g/mol. The molecule has 2 unspecified atom stereocenters. The topological polar surface area (TPSA) is 20.2 Å². The maximum Gasteiger partial charge on any atom is 0.0471 e. The fourth-order valence-corrected chi connectivity index (χ4v) is 2.87. The van der Waals surface area contributed by atoms with Crippen LogP contribution in [0.1, 0.15) is 30.4 Å². The summed E-state index contributed by atoms with van der Waals surface area (Å²) in [6, 6.07) is 8.43. The van der Waals surface area contributed by atoms with Gasteiger partial charge in [-0.1, -0.05) is 54.9 Å². The Balaban J connectivity index is 2.23. The standard InChI is InChI=1S/C16H19ClO/c1-2-13-4-3-5-15(17)16(13)14-8-6-12(7-9-14)10-11-18/h3-9,13,16,18H,2,10-11H2,1H3. The quantitative estimate of drug-likeness (QED) is 0.869. The van der Waals surface area contributed by atoms with Crippen molar-refractivity contribution in [2.75, 3.05) is 6.61 Å². The van der Waals surface area contributed by atoms with Crippen molar-refractivity contribution in [3.05, 3.63) is 58.7 Å². The van der Waals surface area contributed by atoms with E-state index in [1.54, 1.807) is 0 Å². The van der Waals surface area contributed by atoms with Crippen molar-refractivity contribution in [3.63, 3.8) is 0 Å². The molecule has 0 heterocycles. The van der Waals surface area contributed by atoms with E-state index in [1.165, 1.54) is 11.1 Å². The Kier molecular flexibility index (Phi) is 4.62. The average Bonchev–Trinajstić information content (AvgIpc) is 2.40. The lowest BCUT2D eigenvalue weighted by Crippen LogP contribution is -2.13. The summed E-state index contributed by atoms with van der Waals surface area (Å²) < 4.78 is 0. The predicted molar refractivity (Wildman–Crippen MR) is 76.8 cm³/mol. The summed E-state index contributed by atoms with van der Waals surface area (Å²) >= 11 is 6.36. The molecular weight excluding hydrogens is 244 g/mol. The summed E-state index contributed by atoms with van der Waals surface area (Å²) in [5.41, 5.74) is 2.43. The monoisotopic (exact) mass is 262 g/mol. The third kappa shape index (κ3) is 2.85. The van der Waals surface area contributed by atoms with Crippen LogP contribution in [0.4, 0.5) is 0 Å². The normalized spacial score (nSPS) is 22.9. The van der Waals surface area contributed by atoms with E-state index in [4.69, 9.17) is 16.7 Å². The van der Waals surface area contributed by atoms with Gasteiger partial charge in [-0.05, 0) is 36.0 Å². The van der Waals surface area contributed by atoms with Crippen molar-refractivity contribution in [2.24, 2.45) is 5.92 Å². The Hall–Kier alpha value is -1.05. The molecule has 2 heteroatoms. The lowest BCUT2D eigenvalue weighted by molar-refractivity contribution is 0.299. The highest BCUT2D eigenvalue weighted by Gasteiger charge is 2.24. The van der Waals surface area contributed by atoms with Gasteiger partial charge in [0.2, 0.25) is 0 Å². The zero-order valence-electron chi connectivity index (χ0n) is 10.6. The van der Waals surface area contributed by atoms with E-state index in [-0.39, 0.29) is 12.5 Å². The van der Waals surface area contributed by atoms with Crippen LogP contribution in [0, 0.1) is 5.92 Å². The van der Waals surface area contributed by atoms with Crippen molar-refractivity contribution in [3.8, 4) is 0 Å². The van der Waals surface area contributed by atoms with Gasteiger partial charge < -0.3 is 5.11 Å². The molecule has 1 nitrogen and oxygen atoms in total. The molecule has 0 bridgehead atoms. The highest BCUT2D eigenvalue weighted by molar-refractivity contribution is 6.30. The maximum atomic E-state index is 8.92. The number of aliphatic hydroxyl groups excluding tert-OH is 1. The molecule has 1 aromatic rings. The highest BCUT2D eigenvalue weighted by Crippen LogP contribution is 2.39. The third-order valence-electron chi connectivity index (χ3n) is 3.55. The Morgan fingerprint density at radius 3 is 2.56 bits per heavy atom. The largest absolute Gasteiger partial charge is 0.396 e. The van der Waals surface area contributed by atoms with Gasteiger partial charge in [0, 0.05) is 17.6 Å². The number of allylic oxidation sites excluding steroid dienone is 4. The van der Waals surface area contributed by atoms with Gasteiger partial charge in [-0.15, -0.1) is 0 Å². The summed E-state index contributed by atoms with van der Waals surface area (Å²) in [5, 5.41) is 9.84. The van der Waals surface area contributed by atoms with E-state index in [0.717, 1.165) is 11.5 Å². The van der Waals surface area contributed by atoms with Crippen molar-refractivity contribution < 1.29 is 5.11 Å². The molecule has 18 heavy (non-hydrogen) atoms. The Bertz CT molecular complexity index is 445. The van der Waals surface area contributed by atoms with Crippen LogP contribution >= 0.6 is 11.6 Å². The number of hydrogen-bond donors (Lipinski definition) is 1. The second-order valence-electron chi connectivity index (χ2n) is 4.70. The van der Waals surface area contributed by atoms with E-state index in [9.17, 15) is 0 Å². The maximum absolute atomic E-state index is 8.92. The third-order valence-corrected chi connectivity index (χ3v) is 3.91. The predicted octanol–water partition coefficient (Wildman–Crippen LogP) is 4.02. The number of halogens is 1. The molecule has 1 aliphatic carbocycles. The first-order valence-electron chi connectivity index (χ1n) is 6.49. The SMILES string of the molecule is CCC1C=CC=C(Cl)C1c1ccc(CCO)cc1. The van der Waals surface area contributed by atoms with Gasteiger partial charge in [0.15, 0.2) is 0 Å². The van der Waals surface area contributed by atoms with E-state index >= 15 is 0 Å². The Labute approximate surface area is 114 Å². The summed E-state index contributed by atoms with van der Waals surface area (Å²) in [4.78, 5) is 0. The van der Waals surface area contributed by atoms with Crippen LogP contribution in [-0.4, -0.2) is 11.7 Å². The lowest BCUT2D eigenvalue weighted by Gasteiger charge is -2.26. The molecule has 2 rings (SSSR count). The van der Waals surface area contributed by atoms with Crippen LogP contribution in [0.3, 0.4) is 0 Å². The second kappa shape index (κ2) is 6.21. The molecule has 2 atom stereocenters. The van der Waals surface area contributed by atoms with Crippen LogP contribution in [-0.2, 0) is 6.42 Å². The lowest BCUT2D eigenvalue weighted by atomic mass is 9.81. The number of benzene rings is 1. The fraction of sp³-hybridized carbons (Fsp3) is 0.375. The summed E-state index contributed by atoms with van der Waals surface area (Å²) in [7, 11) is 0. The molecule has 0 saturated heterocycles. The van der Waals surface area contributed by atoms with Crippen molar-refractivity contribution >= 4 is 11.6 Å². The second-order valence-corrected chi connectivity index (χ2v) is 5.14. The van der Waals surface area contributed by atoms with Gasteiger partial charge in [0.1, 0.15) is 0 Å². The minimum Gasteiger partial charge on any atom is -0.396 e. The Morgan fingerprint density at radius 2 is 1.94 bits per heavy atom. The smallest absolute Gasteiger partial charge is 0.0471 e. The molecule has 0 amide bonds. The minimum absolute atomic E-state index is 0.198. The molecule has 0 aromatic heterocycles. The molecule has 1 aliphatic rings. The van der Waals surface area contributed by atoms with E-state index in [1.807, 2.05) is 12.2 Å². The van der Waals surface area contributed by atoms with Gasteiger partial charge in [0.05, 0.1) is 0 Å².